The van der Waals surface area contributed by atoms with Crippen LogP contribution in [0.15, 0.2) is 40.3 Å². The van der Waals surface area contributed by atoms with Crippen molar-refractivity contribution < 1.29 is 9.53 Å². The summed E-state index contributed by atoms with van der Waals surface area (Å²) < 4.78 is 5.17. The van der Waals surface area contributed by atoms with Gasteiger partial charge in [-0.15, -0.1) is 0 Å². The minimum Gasteiger partial charge on any atom is -0.459 e. The lowest BCUT2D eigenvalue weighted by molar-refractivity contribution is 0.0378. The normalized spacial score (nSPS) is 10.9. The van der Waals surface area contributed by atoms with E-state index in [1.54, 1.807) is 30.0 Å². The van der Waals surface area contributed by atoms with Crippen LogP contribution in [0.1, 0.15) is 42.4 Å². The Morgan fingerprint density at radius 2 is 1.96 bits per heavy atom. The zero-order chi connectivity index (χ0) is 18.2. The number of aromatic nitrogens is 2. The van der Waals surface area contributed by atoms with E-state index in [1.807, 2.05) is 26.0 Å². The average Bonchev–Trinajstić information content (AvgIpc) is 2.57. The first kappa shape index (κ1) is 19.6. The largest absolute Gasteiger partial charge is 0.459 e. The molecule has 1 heterocycles. The summed E-state index contributed by atoms with van der Waals surface area (Å²) in [7, 11) is 0. The van der Waals surface area contributed by atoms with Gasteiger partial charge in [0.2, 0.25) is 0 Å². The van der Waals surface area contributed by atoms with Gasteiger partial charge in [-0.3, -0.25) is 4.79 Å². The highest BCUT2D eigenvalue weighted by molar-refractivity contribution is 7.98. The molecule has 2 aromatic rings. The molecule has 25 heavy (non-hydrogen) atoms. The van der Waals surface area contributed by atoms with Crippen molar-refractivity contribution in [1.29, 1.82) is 0 Å². The van der Waals surface area contributed by atoms with Crippen LogP contribution in [0.4, 0.5) is 0 Å². The summed E-state index contributed by atoms with van der Waals surface area (Å²) in [5.41, 5.74) is 2.25. The second-order valence-electron chi connectivity index (χ2n) is 5.62. The Hall–Kier alpha value is -1.73. The predicted octanol–water partition coefficient (Wildman–Crippen LogP) is 3.88. The molecule has 1 aromatic carbocycles. The Morgan fingerprint density at radius 3 is 2.60 bits per heavy atom. The number of nitrogens with zero attached hydrogens (tertiary/aromatic N) is 1. The van der Waals surface area contributed by atoms with E-state index >= 15 is 0 Å². The van der Waals surface area contributed by atoms with Crippen molar-refractivity contribution in [2.45, 2.75) is 43.5 Å². The molecular weight excluding hydrogens is 356 g/mol. The minimum absolute atomic E-state index is 0.129. The topological polar surface area (TPSA) is 72.0 Å². The number of carbonyl (C=O) groups excluding carboxylic acids is 1. The van der Waals surface area contributed by atoms with Gasteiger partial charge >= 0.3 is 5.97 Å². The Balaban J connectivity index is 1.98. The number of aromatic amines is 1. The molecule has 0 aliphatic rings. The first-order valence-electron chi connectivity index (χ1n) is 8.08. The molecule has 0 aliphatic carbocycles. The highest BCUT2D eigenvalue weighted by Crippen LogP contribution is 2.20. The maximum Gasteiger partial charge on any atom is 0.338 e. The van der Waals surface area contributed by atoms with E-state index < -0.39 is 0 Å². The van der Waals surface area contributed by atoms with Crippen molar-refractivity contribution in [3.8, 4) is 0 Å². The van der Waals surface area contributed by atoms with Crippen LogP contribution >= 0.6 is 23.5 Å². The standard InChI is InChI=1S/C18H22N2O3S2/c1-4-24-11-15-9-16(21)20-18(19-15)25-10-13-5-7-14(8-6-13)17(22)23-12(2)3/h5-9,12H,4,10-11H2,1-3H3,(H,19,20,21). The van der Waals surface area contributed by atoms with Gasteiger partial charge in [0, 0.05) is 17.6 Å². The first-order chi connectivity index (χ1) is 12.0. The first-order valence-corrected chi connectivity index (χ1v) is 10.2. The predicted molar refractivity (Wildman–Crippen MR) is 103 cm³/mol. The summed E-state index contributed by atoms with van der Waals surface area (Å²) in [6, 6.07) is 8.83. The van der Waals surface area contributed by atoms with Gasteiger partial charge in [-0.1, -0.05) is 30.8 Å². The highest BCUT2D eigenvalue weighted by atomic mass is 32.2. The zero-order valence-corrected chi connectivity index (χ0v) is 16.2. The van der Waals surface area contributed by atoms with E-state index in [0.717, 1.165) is 22.8 Å². The molecule has 0 unspecified atom stereocenters. The molecule has 0 saturated carbocycles. The van der Waals surface area contributed by atoms with E-state index in [9.17, 15) is 9.59 Å². The van der Waals surface area contributed by atoms with Crippen molar-refractivity contribution in [2.75, 3.05) is 5.75 Å². The fourth-order valence-corrected chi connectivity index (χ4v) is 3.41. The van der Waals surface area contributed by atoms with Crippen molar-refractivity contribution in [3.63, 3.8) is 0 Å². The third kappa shape index (κ3) is 6.59. The van der Waals surface area contributed by atoms with Gasteiger partial charge in [0.1, 0.15) is 0 Å². The number of hydrogen-bond acceptors (Lipinski definition) is 6. The zero-order valence-electron chi connectivity index (χ0n) is 14.6. The van der Waals surface area contributed by atoms with E-state index in [2.05, 4.69) is 16.9 Å². The van der Waals surface area contributed by atoms with Crippen LogP contribution in [-0.2, 0) is 16.2 Å². The molecule has 7 heteroatoms. The molecule has 0 bridgehead atoms. The Kier molecular flexibility index (Phi) is 7.58. The molecule has 0 atom stereocenters. The van der Waals surface area contributed by atoms with Gasteiger partial charge in [-0.05, 0) is 37.3 Å². The number of carbonyl (C=O) groups is 1. The summed E-state index contributed by atoms with van der Waals surface area (Å²) in [5, 5.41) is 0.613. The van der Waals surface area contributed by atoms with Crippen molar-refractivity contribution in [2.24, 2.45) is 0 Å². The number of nitrogens with one attached hydrogen (secondary N) is 1. The molecule has 0 aliphatic heterocycles. The summed E-state index contributed by atoms with van der Waals surface area (Å²) >= 11 is 3.20. The molecule has 0 spiro atoms. The van der Waals surface area contributed by atoms with E-state index in [1.165, 1.54) is 11.8 Å². The van der Waals surface area contributed by atoms with Gasteiger partial charge in [0.25, 0.3) is 5.56 Å². The lowest BCUT2D eigenvalue weighted by Gasteiger charge is -2.08. The van der Waals surface area contributed by atoms with Crippen LogP contribution in [0.2, 0.25) is 0 Å². The second kappa shape index (κ2) is 9.68. The summed E-state index contributed by atoms with van der Waals surface area (Å²) in [4.78, 5) is 30.8. The summed E-state index contributed by atoms with van der Waals surface area (Å²) in [6.45, 7) is 5.72. The second-order valence-corrected chi connectivity index (χ2v) is 7.86. The number of esters is 1. The number of H-pyrrole nitrogens is 1. The number of rotatable bonds is 8. The van der Waals surface area contributed by atoms with Gasteiger partial charge in [-0.2, -0.15) is 11.8 Å². The summed E-state index contributed by atoms with van der Waals surface area (Å²) in [6.07, 6.45) is -0.135. The van der Waals surface area contributed by atoms with Crippen molar-refractivity contribution in [1.82, 2.24) is 9.97 Å². The maximum absolute atomic E-state index is 11.8. The van der Waals surface area contributed by atoms with Gasteiger partial charge < -0.3 is 9.72 Å². The molecule has 0 saturated heterocycles. The van der Waals surface area contributed by atoms with Crippen LogP contribution in [0.25, 0.3) is 0 Å². The molecule has 1 N–H and O–H groups in total. The third-order valence-corrected chi connectivity index (χ3v) is 4.99. The van der Waals surface area contributed by atoms with E-state index in [0.29, 0.717) is 16.5 Å². The van der Waals surface area contributed by atoms with Crippen molar-refractivity contribution in [3.05, 3.63) is 57.5 Å². The van der Waals surface area contributed by atoms with Crippen LogP contribution in [0.5, 0.6) is 0 Å². The monoisotopic (exact) mass is 378 g/mol. The van der Waals surface area contributed by atoms with Crippen LogP contribution in [0.3, 0.4) is 0 Å². The Labute approximate surface area is 156 Å². The van der Waals surface area contributed by atoms with Crippen molar-refractivity contribution >= 4 is 29.5 Å². The van der Waals surface area contributed by atoms with E-state index in [4.69, 9.17) is 4.74 Å². The van der Waals surface area contributed by atoms with Crippen LogP contribution in [-0.4, -0.2) is 27.8 Å². The molecule has 134 valence electrons. The molecule has 0 radical (unpaired) electrons. The Bertz CT molecular complexity index is 758. The molecule has 1 aromatic heterocycles. The van der Waals surface area contributed by atoms with Crippen LogP contribution < -0.4 is 5.56 Å². The number of hydrogen-bond donors (Lipinski definition) is 1. The lowest BCUT2D eigenvalue weighted by Crippen LogP contribution is -2.11. The van der Waals surface area contributed by atoms with E-state index in [-0.39, 0.29) is 17.6 Å². The highest BCUT2D eigenvalue weighted by Gasteiger charge is 2.09. The minimum atomic E-state index is -0.318. The van der Waals surface area contributed by atoms with Gasteiger partial charge in [0.15, 0.2) is 5.16 Å². The summed E-state index contributed by atoms with van der Waals surface area (Å²) in [5.74, 6) is 2.07. The molecule has 5 nitrogen and oxygen atoms in total. The van der Waals surface area contributed by atoms with Gasteiger partial charge in [-0.25, -0.2) is 9.78 Å². The third-order valence-electron chi connectivity index (χ3n) is 3.13. The SMILES string of the molecule is CCSCc1cc(=O)[nH]c(SCc2ccc(C(=O)OC(C)C)cc2)n1. The fraction of sp³-hybridized carbons (Fsp3) is 0.389. The molecule has 0 amide bonds. The quantitative estimate of drug-likeness (QED) is 0.427. The smallest absolute Gasteiger partial charge is 0.338 e. The fourth-order valence-electron chi connectivity index (χ4n) is 2.00. The molecule has 0 fully saturated rings. The van der Waals surface area contributed by atoms with Crippen LogP contribution in [0, 0.1) is 0 Å². The van der Waals surface area contributed by atoms with Gasteiger partial charge in [0.05, 0.1) is 17.4 Å². The number of ether oxygens (including phenoxy) is 1. The number of thioether (sulfide) groups is 2. The lowest BCUT2D eigenvalue weighted by atomic mass is 10.1. The maximum atomic E-state index is 11.8. The molecular formula is C18H22N2O3S2. The number of benzene rings is 1. The molecule has 2 rings (SSSR count). The Morgan fingerprint density at radius 1 is 1.24 bits per heavy atom. The average molecular weight is 379 g/mol.